The Kier molecular flexibility index (Phi) is 11.5. The monoisotopic (exact) mass is 651 g/mol. The van der Waals surface area contributed by atoms with Crippen LogP contribution in [0.4, 0.5) is 22.7 Å². The van der Waals surface area contributed by atoms with Crippen LogP contribution in [0.3, 0.4) is 0 Å². The highest BCUT2D eigenvalue weighted by Crippen LogP contribution is 2.25. The second-order valence-electron chi connectivity index (χ2n) is 10.1. The number of hydroxylamine groups is 1. The number of amides is 2. The number of azo groups is 1. The van der Waals surface area contributed by atoms with E-state index in [0.29, 0.717) is 16.9 Å². The van der Waals surface area contributed by atoms with Crippen LogP contribution in [0.15, 0.2) is 131 Å². The number of hydrogen-bond donors (Lipinski definition) is 4. The number of carbonyl (C=O) groups excluding carboxylic acids is 2. The van der Waals surface area contributed by atoms with Crippen LogP contribution in [0, 0.1) is 13.8 Å². The van der Waals surface area contributed by atoms with Gasteiger partial charge in [-0.15, -0.1) is 0 Å². The summed E-state index contributed by atoms with van der Waals surface area (Å²) in [6.07, 6.45) is 4.08. The third kappa shape index (κ3) is 9.78. The van der Waals surface area contributed by atoms with E-state index in [4.69, 9.17) is 5.21 Å². The largest absolute Gasteiger partial charge is 0.320 e. The van der Waals surface area contributed by atoms with Crippen LogP contribution in [0.25, 0.3) is 6.08 Å². The van der Waals surface area contributed by atoms with E-state index in [1.807, 2.05) is 56.3 Å². The van der Waals surface area contributed by atoms with Gasteiger partial charge < -0.3 is 5.32 Å². The van der Waals surface area contributed by atoms with Gasteiger partial charge in [-0.1, -0.05) is 48.5 Å². The van der Waals surface area contributed by atoms with E-state index in [-0.39, 0.29) is 10.8 Å². The normalized spacial score (nSPS) is 11.1. The van der Waals surface area contributed by atoms with Crippen molar-refractivity contribution in [1.82, 2.24) is 15.3 Å². The second kappa shape index (κ2) is 15.9. The van der Waals surface area contributed by atoms with E-state index in [1.54, 1.807) is 61.8 Å². The highest BCUT2D eigenvalue weighted by Gasteiger charge is 2.14. The summed E-state index contributed by atoms with van der Waals surface area (Å²) in [6, 6.07) is 29.7. The topological polar surface area (TPSA) is 167 Å². The number of sulfonamides is 1. The van der Waals surface area contributed by atoms with Crippen molar-refractivity contribution in [2.75, 3.05) is 10.0 Å². The van der Waals surface area contributed by atoms with Gasteiger partial charge in [0.05, 0.1) is 16.3 Å². The minimum absolute atomic E-state index is 0.0721. The quantitative estimate of drug-likeness (QED) is 0.0598. The first kappa shape index (κ1) is 34.0. The van der Waals surface area contributed by atoms with Crippen LogP contribution in [-0.4, -0.2) is 35.2 Å². The van der Waals surface area contributed by atoms with Crippen LogP contribution in [0.1, 0.15) is 27.2 Å². The predicted octanol–water partition coefficient (Wildman–Crippen LogP) is 6.71. The number of aromatic nitrogens is 2. The van der Waals surface area contributed by atoms with Crippen LogP contribution in [0.5, 0.6) is 0 Å². The van der Waals surface area contributed by atoms with Crippen LogP contribution < -0.4 is 15.5 Å². The number of rotatable bonds is 9. The summed E-state index contributed by atoms with van der Waals surface area (Å²) in [5, 5.41) is 23.9. The maximum Gasteiger partial charge on any atom is 0.273 e. The molecule has 0 aliphatic heterocycles. The molecule has 4 N–H and O–H groups in total. The molecule has 0 radical (unpaired) electrons. The highest BCUT2D eigenvalue weighted by atomic mass is 32.2. The van der Waals surface area contributed by atoms with Gasteiger partial charge in [0.15, 0.2) is 0 Å². The van der Waals surface area contributed by atoms with E-state index in [1.165, 1.54) is 28.4 Å². The molecular weight excluding hydrogens is 618 g/mol. The first-order valence-corrected chi connectivity index (χ1v) is 15.7. The second-order valence-corrected chi connectivity index (χ2v) is 11.8. The number of carbonyl (C=O) groups is 2. The van der Waals surface area contributed by atoms with E-state index in [9.17, 15) is 18.0 Å². The van der Waals surface area contributed by atoms with Crippen LogP contribution >= 0.6 is 0 Å². The molecule has 0 saturated carbocycles. The number of aryl methyl sites for hydroxylation is 3. The van der Waals surface area contributed by atoms with Crippen molar-refractivity contribution in [2.45, 2.75) is 18.7 Å². The summed E-state index contributed by atoms with van der Waals surface area (Å²) >= 11 is 0. The number of nitrogens with one attached hydrogen (secondary N) is 3. The molecule has 240 valence electrons. The zero-order chi connectivity index (χ0) is 33.8. The number of para-hydroxylation sites is 1. The molecule has 0 aliphatic carbocycles. The van der Waals surface area contributed by atoms with Crippen molar-refractivity contribution in [1.29, 1.82) is 0 Å². The Morgan fingerprint density at radius 2 is 1.60 bits per heavy atom. The molecule has 0 bridgehead atoms. The smallest absolute Gasteiger partial charge is 0.273 e. The molecule has 5 rings (SSSR count). The average molecular weight is 652 g/mol. The minimum Gasteiger partial charge on any atom is -0.320 e. The molecular formula is C34H33N7O5S. The number of nitrogens with zero attached hydrogens (tertiary/aromatic N) is 4. The average Bonchev–Trinajstić information content (AvgIpc) is 3.51. The lowest BCUT2D eigenvalue weighted by atomic mass is 10.1. The number of benzene rings is 4. The fourth-order valence-corrected chi connectivity index (χ4v) is 5.25. The number of hydrogen-bond acceptors (Lipinski definition) is 8. The maximum absolute atomic E-state index is 12.3. The fourth-order valence-electron chi connectivity index (χ4n) is 4.14. The van der Waals surface area contributed by atoms with Crippen molar-refractivity contribution in [3.8, 4) is 0 Å². The van der Waals surface area contributed by atoms with E-state index in [0.717, 1.165) is 34.3 Å². The molecule has 0 saturated heterocycles. The van der Waals surface area contributed by atoms with E-state index >= 15 is 0 Å². The predicted molar refractivity (Wildman–Crippen MR) is 180 cm³/mol. The SMILES string of the molecule is Cc1ccccc1N=Nc1ccc(NC(=O)c2ccnn2C)c(C)c1.O=C(C=Cc1cccc(S(=O)(=O)Nc2ccccc2)c1)NO. The summed E-state index contributed by atoms with van der Waals surface area (Å²) < 4.78 is 28.6. The van der Waals surface area contributed by atoms with Gasteiger partial charge in [0.25, 0.3) is 21.8 Å². The Morgan fingerprint density at radius 1 is 0.851 bits per heavy atom. The lowest BCUT2D eigenvalue weighted by molar-refractivity contribution is -0.124. The van der Waals surface area contributed by atoms with E-state index < -0.39 is 15.9 Å². The first-order chi connectivity index (χ1) is 22.6. The molecule has 1 aromatic heterocycles. The van der Waals surface area contributed by atoms with Gasteiger partial charge in [0, 0.05) is 30.7 Å². The molecule has 0 atom stereocenters. The maximum atomic E-state index is 12.3. The highest BCUT2D eigenvalue weighted by molar-refractivity contribution is 7.92. The summed E-state index contributed by atoms with van der Waals surface area (Å²) in [5.41, 5.74) is 7.23. The Balaban J connectivity index is 0.000000215. The molecule has 12 nitrogen and oxygen atoms in total. The lowest BCUT2D eigenvalue weighted by Gasteiger charge is -2.09. The lowest BCUT2D eigenvalue weighted by Crippen LogP contribution is -2.16. The molecule has 0 aliphatic rings. The van der Waals surface area contributed by atoms with E-state index in [2.05, 4.69) is 25.4 Å². The summed E-state index contributed by atoms with van der Waals surface area (Å²) in [5.74, 6) is -0.895. The standard InChI is InChI=1S/C19H19N5O.C15H14N2O4S/c1-13-6-4-5-7-17(13)23-22-15-8-9-16(14(2)12-15)21-19(25)18-10-11-20-24(18)3;18-15(16-19)10-9-12-5-4-8-14(11-12)22(20,21)17-13-6-2-1-3-7-13/h4-12H,1-3H3,(H,21,25);1-11,17,19H,(H,16,18). The van der Waals surface area contributed by atoms with Crippen LogP contribution in [-0.2, 0) is 21.9 Å². The first-order valence-electron chi connectivity index (χ1n) is 14.2. The van der Waals surface area contributed by atoms with Crippen LogP contribution in [0.2, 0.25) is 0 Å². The van der Waals surface area contributed by atoms with Crippen molar-refractivity contribution < 1.29 is 23.2 Å². The van der Waals surface area contributed by atoms with Crippen molar-refractivity contribution in [2.24, 2.45) is 17.3 Å². The van der Waals surface area contributed by atoms with Crippen molar-refractivity contribution >= 4 is 50.7 Å². The minimum atomic E-state index is -3.71. The molecule has 2 amide bonds. The fraction of sp³-hybridized carbons (Fsp3) is 0.0882. The zero-order valence-electron chi connectivity index (χ0n) is 25.8. The zero-order valence-corrected chi connectivity index (χ0v) is 26.6. The molecule has 1 heterocycles. The van der Waals surface area contributed by atoms with Crippen molar-refractivity contribution in [3.63, 3.8) is 0 Å². The number of anilines is 2. The molecule has 0 fully saturated rings. The molecule has 47 heavy (non-hydrogen) atoms. The Bertz CT molecular complexity index is 2020. The molecule has 5 aromatic rings. The van der Waals surface area contributed by atoms with Gasteiger partial charge in [-0.2, -0.15) is 15.3 Å². The van der Waals surface area contributed by atoms with Gasteiger partial charge in [-0.05, 0) is 91.2 Å². The van der Waals surface area contributed by atoms with Gasteiger partial charge in [0.2, 0.25) is 0 Å². The Morgan fingerprint density at radius 3 is 2.28 bits per heavy atom. The molecule has 0 spiro atoms. The summed E-state index contributed by atoms with van der Waals surface area (Å²) in [7, 11) is -1.98. The Hall–Kier alpha value is -5.92. The summed E-state index contributed by atoms with van der Waals surface area (Å²) in [4.78, 5) is 23.3. The van der Waals surface area contributed by atoms with Crippen molar-refractivity contribution in [3.05, 3.63) is 138 Å². The molecule has 0 unspecified atom stereocenters. The third-order valence-corrected chi connectivity index (χ3v) is 8.01. The van der Waals surface area contributed by atoms with Gasteiger partial charge in [-0.25, -0.2) is 13.9 Å². The summed E-state index contributed by atoms with van der Waals surface area (Å²) in [6.45, 7) is 3.92. The Labute approximate surface area is 272 Å². The third-order valence-electron chi connectivity index (χ3n) is 6.63. The van der Waals surface area contributed by atoms with Gasteiger partial charge in [-0.3, -0.25) is 24.2 Å². The molecule has 4 aromatic carbocycles. The van der Waals surface area contributed by atoms with Gasteiger partial charge in [0.1, 0.15) is 5.69 Å². The molecule has 13 heteroatoms. The van der Waals surface area contributed by atoms with Gasteiger partial charge >= 0.3 is 0 Å².